The minimum absolute atomic E-state index is 0.152. The van der Waals surface area contributed by atoms with Crippen molar-refractivity contribution in [3.05, 3.63) is 58.6 Å². The predicted molar refractivity (Wildman–Crippen MR) is 136 cm³/mol. The molecule has 1 fully saturated rings. The number of fused-ring (bicyclic) bond motifs is 1. The zero-order valence-corrected chi connectivity index (χ0v) is 21.4. The summed E-state index contributed by atoms with van der Waals surface area (Å²) in [7, 11) is 0. The molecule has 198 valence electrons. The first-order valence-corrected chi connectivity index (χ1v) is 13.1. The van der Waals surface area contributed by atoms with Gasteiger partial charge in [-0.3, -0.25) is 9.80 Å². The molecule has 0 aliphatic carbocycles. The van der Waals surface area contributed by atoms with Crippen LogP contribution >= 0.6 is 11.3 Å². The van der Waals surface area contributed by atoms with Crippen LogP contribution in [0.15, 0.2) is 47.6 Å². The van der Waals surface area contributed by atoms with Gasteiger partial charge < -0.3 is 14.7 Å². The van der Waals surface area contributed by atoms with Crippen LogP contribution in [-0.4, -0.2) is 76.8 Å². The third kappa shape index (κ3) is 6.06. The second kappa shape index (κ2) is 10.6. The third-order valence-corrected chi connectivity index (χ3v) is 7.59. The van der Waals surface area contributed by atoms with Crippen LogP contribution in [0.5, 0.6) is 5.75 Å². The molecule has 2 aliphatic rings. The molecule has 3 atom stereocenters. The van der Waals surface area contributed by atoms with Crippen molar-refractivity contribution in [3.8, 4) is 5.75 Å². The van der Waals surface area contributed by atoms with E-state index in [9.17, 15) is 18.3 Å². The summed E-state index contributed by atoms with van der Waals surface area (Å²) in [6.45, 7) is 7.34. The lowest BCUT2D eigenvalue weighted by molar-refractivity contribution is -0.137. The SMILES string of the molecule is Cc1nc2cc(OC([C@@H](C)O)N3CCN(C[C@H]4CC(c5ccc(C(F)(F)F)cc5)=NO4)CC3)ccc2s1. The van der Waals surface area contributed by atoms with Gasteiger partial charge in [0.1, 0.15) is 18.0 Å². The first-order valence-electron chi connectivity index (χ1n) is 12.2. The van der Waals surface area contributed by atoms with Gasteiger partial charge in [0.2, 0.25) is 0 Å². The number of hydrogen-bond acceptors (Lipinski definition) is 8. The maximum atomic E-state index is 12.8. The van der Waals surface area contributed by atoms with Gasteiger partial charge in [0.15, 0.2) is 6.23 Å². The number of ether oxygens (including phenoxy) is 1. The fraction of sp³-hybridized carbons (Fsp3) is 0.462. The Hall–Kier alpha value is -2.73. The maximum Gasteiger partial charge on any atom is 0.416 e. The average molecular weight is 535 g/mol. The summed E-state index contributed by atoms with van der Waals surface area (Å²) in [5, 5.41) is 15.6. The second-order valence-electron chi connectivity index (χ2n) is 9.49. The summed E-state index contributed by atoms with van der Waals surface area (Å²) in [6, 6.07) is 10.8. The molecule has 37 heavy (non-hydrogen) atoms. The number of alkyl halides is 3. The quantitative estimate of drug-likeness (QED) is 0.481. The van der Waals surface area contributed by atoms with Crippen molar-refractivity contribution in [2.45, 2.75) is 44.9 Å². The number of aliphatic hydroxyl groups is 1. The summed E-state index contributed by atoms with van der Waals surface area (Å²) < 4.78 is 45.8. The van der Waals surface area contributed by atoms with Crippen molar-refractivity contribution in [2.75, 3.05) is 32.7 Å². The van der Waals surface area contributed by atoms with Crippen molar-refractivity contribution in [3.63, 3.8) is 0 Å². The molecular formula is C26H29F3N4O3S. The standard InChI is InChI=1S/C26H29F3N4O3S/c1-16(34)25(35-20-7-8-24-23(13-20)30-17(2)37-24)33-11-9-32(10-12-33)15-21-14-22(31-36-21)18-3-5-19(6-4-18)26(27,28)29/h3-8,13,16,21,25,34H,9-12,14-15H2,1-2H3/t16-,21-,25?/m1/s1. The van der Waals surface area contributed by atoms with Crippen molar-refractivity contribution >= 4 is 27.3 Å². The molecule has 1 saturated heterocycles. The molecule has 3 aromatic rings. The summed E-state index contributed by atoms with van der Waals surface area (Å²) in [5.41, 5.74) is 1.52. The highest BCUT2D eigenvalue weighted by molar-refractivity contribution is 7.18. The molecule has 0 amide bonds. The maximum absolute atomic E-state index is 12.8. The van der Waals surface area contributed by atoms with E-state index in [2.05, 4.69) is 19.9 Å². The van der Waals surface area contributed by atoms with E-state index < -0.39 is 24.1 Å². The molecular weight excluding hydrogens is 505 g/mol. The van der Waals surface area contributed by atoms with Gasteiger partial charge in [-0.15, -0.1) is 11.3 Å². The third-order valence-electron chi connectivity index (χ3n) is 6.64. The van der Waals surface area contributed by atoms with Crippen molar-refractivity contribution in [2.24, 2.45) is 5.16 Å². The van der Waals surface area contributed by atoms with Crippen LogP contribution in [0.25, 0.3) is 10.2 Å². The molecule has 7 nitrogen and oxygen atoms in total. The van der Waals surface area contributed by atoms with E-state index in [1.54, 1.807) is 18.3 Å². The number of halogens is 3. The van der Waals surface area contributed by atoms with E-state index in [1.807, 2.05) is 25.1 Å². The van der Waals surface area contributed by atoms with Crippen molar-refractivity contribution in [1.29, 1.82) is 0 Å². The van der Waals surface area contributed by atoms with Gasteiger partial charge in [-0.1, -0.05) is 17.3 Å². The molecule has 0 spiro atoms. The lowest BCUT2D eigenvalue weighted by atomic mass is 10.0. The van der Waals surface area contributed by atoms with E-state index in [0.29, 0.717) is 43.1 Å². The number of aromatic nitrogens is 1. The highest BCUT2D eigenvalue weighted by atomic mass is 32.1. The minimum atomic E-state index is -4.36. The highest BCUT2D eigenvalue weighted by Crippen LogP contribution is 2.30. The topological polar surface area (TPSA) is 70.4 Å². The van der Waals surface area contributed by atoms with Gasteiger partial charge >= 0.3 is 6.18 Å². The first-order chi connectivity index (χ1) is 17.7. The molecule has 1 aromatic heterocycles. The molecule has 11 heteroatoms. The van der Waals surface area contributed by atoms with Crippen LogP contribution < -0.4 is 4.74 Å². The lowest BCUT2D eigenvalue weighted by Crippen LogP contribution is -2.56. The molecule has 0 bridgehead atoms. The first kappa shape index (κ1) is 25.9. The fourth-order valence-corrected chi connectivity index (χ4v) is 5.56. The normalized spacial score (nSPS) is 21.0. The van der Waals surface area contributed by atoms with Crippen molar-refractivity contribution in [1.82, 2.24) is 14.8 Å². The van der Waals surface area contributed by atoms with Crippen LogP contribution in [0.4, 0.5) is 13.2 Å². The van der Waals surface area contributed by atoms with Crippen LogP contribution in [0.3, 0.4) is 0 Å². The van der Waals surface area contributed by atoms with Gasteiger partial charge in [-0.05, 0) is 43.7 Å². The van der Waals surface area contributed by atoms with Crippen LogP contribution in [0, 0.1) is 6.92 Å². The number of aliphatic hydroxyl groups excluding tert-OH is 1. The number of nitrogens with zero attached hydrogens (tertiary/aromatic N) is 4. The van der Waals surface area contributed by atoms with E-state index >= 15 is 0 Å². The van der Waals surface area contributed by atoms with Crippen molar-refractivity contribution < 1.29 is 27.9 Å². The Kier molecular flexibility index (Phi) is 7.39. The number of oxime groups is 1. The Bertz CT molecular complexity index is 1250. The Morgan fingerprint density at radius 2 is 1.86 bits per heavy atom. The number of thiazole rings is 1. The highest BCUT2D eigenvalue weighted by Gasteiger charge is 2.32. The van der Waals surface area contributed by atoms with Crippen LogP contribution in [-0.2, 0) is 11.0 Å². The number of piperazine rings is 1. The Morgan fingerprint density at radius 1 is 1.14 bits per heavy atom. The molecule has 1 N–H and O–H groups in total. The summed E-state index contributed by atoms with van der Waals surface area (Å²) >= 11 is 1.64. The zero-order chi connectivity index (χ0) is 26.2. The van der Waals surface area contributed by atoms with E-state index in [1.165, 1.54) is 12.1 Å². The lowest BCUT2D eigenvalue weighted by Gasteiger charge is -2.40. The van der Waals surface area contributed by atoms with Gasteiger partial charge in [-0.2, -0.15) is 13.2 Å². The molecule has 2 aromatic carbocycles. The number of benzene rings is 2. The Balaban J connectivity index is 1.12. The summed E-state index contributed by atoms with van der Waals surface area (Å²) in [5.74, 6) is 0.679. The average Bonchev–Trinajstić information content (AvgIpc) is 3.48. The minimum Gasteiger partial charge on any atom is -0.472 e. The number of hydrogen-bond donors (Lipinski definition) is 1. The largest absolute Gasteiger partial charge is 0.472 e. The van der Waals surface area contributed by atoms with E-state index in [-0.39, 0.29) is 6.10 Å². The Morgan fingerprint density at radius 3 is 2.54 bits per heavy atom. The van der Waals surface area contributed by atoms with Gasteiger partial charge in [0.25, 0.3) is 0 Å². The van der Waals surface area contributed by atoms with Crippen LogP contribution in [0.1, 0.15) is 29.5 Å². The smallest absolute Gasteiger partial charge is 0.416 e. The molecule has 1 unspecified atom stereocenters. The molecule has 2 aliphatic heterocycles. The van der Waals surface area contributed by atoms with Gasteiger partial charge in [0, 0.05) is 45.2 Å². The molecule has 0 radical (unpaired) electrons. The second-order valence-corrected chi connectivity index (χ2v) is 10.7. The molecule has 3 heterocycles. The monoisotopic (exact) mass is 534 g/mol. The number of aryl methyl sites for hydroxylation is 1. The van der Waals surface area contributed by atoms with Crippen LogP contribution in [0.2, 0.25) is 0 Å². The van der Waals surface area contributed by atoms with Gasteiger partial charge in [0.05, 0.1) is 26.5 Å². The van der Waals surface area contributed by atoms with E-state index in [0.717, 1.165) is 40.4 Å². The van der Waals surface area contributed by atoms with Gasteiger partial charge in [-0.25, -0.2) is 4.98 Å². The summed E-state index contributed by atoms with van der Waals surface area (Å²) in [4.78, 5) is 14.5. The predicted octanol–water partition coefficient (Wildman–Crippen LogP) is 4.52. The van der Waals surface area contributed by atoms with E-state index in [4.69, 9.17) is 9.57 Å². The fourth-order valence-electron chi connectivity index (χ4n) is 4.75. The molecule has 0 saturated carbocycles. The number of rotatable bonds is 7. The molecule has 5 rings (SSSR count). The Labute approximate surface area is 217 Å². The zero-order valence-electron chi connectivity index (χ0n) is 20.6. The summed E-state index contributed by atoms with van der Waals surface area (Å²) in [6.07, 6.45) is -5.12.